The summed E-state index contributed by atoms with van der Waals surface area (Å²) in [5, 5.41) is 15.3. The molecule has 9 nitrogen and oxygen atoms in total. The quantitative estimate of drug-likeness (QED) is 0.114. The highest BCUT2D eigenvalue weighted by molar-refractivity contribution is 7.80. The van der Waals surface area contributed by atoms with Gasteiger partial charge >= 0.3 is 0 Å². The lowest BCUT2D eigenvalue weighted by atomic mass is 10.0. The lowest BCUT2D eigenvalue weighted by Gasteiger charge is -2.26. The fraction of sp³-hybridized carbons (Fsp3) is 0.185. The molecular weight excluding hydrogens is 528 g/mol. The Kier molecular flexibility index (Phi) is 7.54. The molecule has 2 aromatic carbocycles. The van der Waals surface area contributed by atoms with Crippen LogP contribution in [-0.2, 0) is 4.74 Å². The second kappa shape index (κ2) is 11.2. The fourth-order valence-electron chi connectivity index (χ4n) is 4.33. The van der Waals surface area contributed by atoms with Crippen molar-refractivity contribution in [3.63, 3.8) is 0 Å². The molecule has 1 N–H and O–H groups in total. The van der Waals surface area contributed by atoms with Gasteiger partial charge in [0.15, 0.2) is 5.11 Å². The number of aromatic nitrogens is 1. The van der Waals surface area contributed by atoms with Crippen molar-refractivity contribution in [2.45, 2.75) is 12.1 Å². The van der Waals surface area contributed by atoms with Gasteiger partial charge in [-0.15, -0.1) is 0 Å². The zero-order valence-electron chi connectivity index (χ0n) is 20.2. The molecule has 1 saturated heterocycles. The summed E-state index contributed by atoms with van der Waals surface area (Å²) in [5.74, 6) is 1.76. The molecule has 2 atom stereocenters. The molecule has 38 heavy (non-hydrogen) atoms. The number of nitro groups is 1. The van der Waals surface area contributed by atoms with Crippen molar-refractivity contribution in [2.75, 3.05) is 25.2 Å². The molecule has 1 aliphatic rings. The summed E-state index contributed by atoms with van der Waals surface area (Å²) in [7, 11) is 1.61. The normalized spacial score (nSPS) is 16.9. The first-order chi connectivity index (χ1) is 18.5. The maximum absolute atomic E-state index is 11.0. The largest absolute Gasteiger partial charge is 0.490 e. The van der Waals surface area contributed by atoms with Gasteiger partial charge in [0.2, 0.25) is 0 Å². The summed E-state index contributed by atoms with van der Waals surface area (Å²) in [6.07, 6.45) is 1.73. The van der Waals surface area contributed by atoms with Gasteiger partial charge in [-0.2, -0.15) is 0 Å². The third-order valence-corrected chi connectivity index (χ3v) is 6.73. The first-order valence-electron chi connectivity index (χ1n) is 11.7. The summed E-state index contributed by atoms with van der Waals surface area (Å²) >= 11 is 12.3. The first kappa shape index (κ1) is 25.7. The van der Waals surface area contributed by atoms with E-state index < -0.39 is 4.92 Å². The number of nitrogens with one attached hydrogen (secondary N) is 1. The predicted octanol–water partition coefficient (Wildman–Crippen LogP) is 6.11. The van der Waals surface area contributed by atoms with Crippen LogP contribution in [0, 0.1) is 10.1 Å². The van der Waals surface area contributed by atoms with E-state index in [0.717, 1.165) is 16.9 Å². The van der Waals surface area contributed by atoms with E-state index in [9.17, 15) is 10.1 Å². The average Bonchev–Trinajstić information content (AvgIpc) is 3.55. The Morgan fingerprint density at radius 3 is 2.63 bits per heavy atom. The van der Waals surface area contributed by atoms with Crippen molar-refractivity contribution in [2.24, 2.45) is 0 Å². The standard InChI is InChI=1S/C27H23ClN4O5S/c1-35-14-15-36-23-10-9-19(16-20(23)28)31-26(25(30-27(31)38)21-4-2-3-13-29-21)24-12-11-22(37-24)17-5-7-18(8-6-17)32(33)34/h2-13,16,25-26H,14-15H2,1H3,(H,30,38)/t25-,26+/m1/s1. The molecule has 2 aromatic heterocycles. The highest BCUT2D eigenvalue weighted by Gasteiger charge is 2.42. The molecule has 0 bridgehead atoms. The summed E-state index contributed by atoms with van der Waals surface area (Å²) in [4.78, 5) is 17.1. The predicted molar refractivity (Wildman–Crippen MR) is 148 cm³/mol. The Morgan fingerprint density at radius 2 is 1.95 bits per heavy atom. The topological polar surface area (TPSA) is 103 Å². The highest BCUT2D eigenvalue weighted by Crippen LogP contribution is 2.44. The smallest absolute Gasteiger partial charge is 0.269 e. The molecule has 0 aliphatic carbocycles. The molecule has 5 rings (SSSR count). The number of ether oxygens (including phenoxy) is 2. The molecule has 0 amide bonds. The SMILES string of the molecule is COCCOc1ccc(N2C(=S)N[C@H](c3ccccn3)[C@@H]2c2ccc(-c3ccc([N+](=O)[O-])cc3)o2)cc1Cl. The molecule has 11 heteroatoms. The molecule has 0 unspecified atom stereocenters. The van der Waals surface area contributed by atoms with Crippen LogP contribution in [0.15, 0.2) is 83.4 Å². The minimum Gasteiger partial charge on any atom is -0.490 e. The summed E-state index contributed by atoms with van der Waals surface area (Å²) in [6, 6.07) is 20.4. The van der Waals surface area contributed by atoms with E-state index in [1.54, 1.807) is 37.6 Å². The Hall–Kier alpha value is -3.99. The third kappa shape index (κ3) is 5.19. The Balaban J connectivity index is 1.51. The van der Waals surface area contributed by atoms with Gasteiger partial charge in [0, 0.05) is 36.7 Å². The fourth-order valence-corrected chi connectivity index (χ4v) is 4.90. The molecule has 194 valence electrons. The lowest BCUT2D eigenvalue weighted by Crippen LogP contribution is -2.29. The molecule has 0 spiro atoms. The second-order valence-electron chi connectivity index (χ2n) is 8.46. The average molecular weight is 551 g/mol. The number of hydrogen-bond acceptors (Lipinski definition) is 7. The second-order valence-corrected chi connectivity index (χ2v) is 9.25. The first-order valence-corrected chi connectivity index (χ1v) is 12.5. The van der Waals surface area contributed by atoms with Crippen LogP contribution in [0.3, 0.4) is 0 Å². The Bertz CT molecular complexity index is 1450. The number of nitro benzene ring substituents is 1. The van der Waals surface area contributed by atoms with Crippen molar-refractivity contribution < 1.29 is 18.8 Å². The van der Waals surface area contributed by atoms with Gasteiger partial charge in [-0.1, -0.05) is 17.7 Å². The van der Waals surface area contributed by atoms with Crippen LogP contribution < -0.4 is 15.0 Å². The number of anilines is 1. The molecule has 1 fully saturated rings. The highest BCUT2D eigenvalue weighted by atomic mass is 35.5. The Morgan fingerprint density at radius 1 is 1.13 bits per heavy atom. The number of benzene rings is 2. The van der Waals surface area contributed by atoms with E-state index in [1.165, 1.54) is 12.1 Å². The van der Waals surface area contributed by atoms with Crippen molar-refractivity contribution in [1.29, 1.82) is 0 Å². The number of hydrogen-bond donors (Lipinski definition) is 1. The van der Waals surface area contributed by atoms with Crippen LogP contribution in [-0.4, -0.2) is 35.3 Å². The van der Waals surface area contributed by atoms with Gasteiger partial charge in [0.1, 0.15) is 29.9 Å². The molecule has 0 radical (unpaired) electrons. The summed E-state index contributed by atoms with van der Waals surface area (Å²) in [5.41, 5.74) is 2.28. The minimum atomic E-state index is -0.434. The molecule has 1 aliphatic heterocycles. The zero-order chi connectivity index (χ0) is 26.6. The van der Waals surface area contributed by atoms with Gasteiger partial charge in [-0.05, 0) is 66.8 Å². The number of nitrogens with zero attached hydrogens (tertiary/aromatic N) is 3. The summed E-state index contributed by atoms with van der Waals surface area (Å²) < 4.78 is 17.1. The van der Waals surface area contributed by atoms with Crippen molar-refractivity contribution in [1.82, 2.24) is 10.3 Å². The van der Waals surface area contributed by atoms with E-state index >= 15 is 0 Å². The zero-order valence-corrected chi connectivity index (χ0v) is 21.8. The van der Waals surface area contributed by atoms with Crippen LogP contribution in [0.1, 0.15) is 23.5 Å². The van der Waals surface area contributed by atoms with E-state index in [0.29, 0.717) is 40.6 Å². The van der Waals surface area contributed by atoms with E-state index in [2.05, 4.69) is 10.3 Å². The number of rotatable bonds is 9. The number of furan rings is 1. The minimum absolute atomic E-state index is 0.0128. The van der Waals surface area contributed by atoms with Crippen molar-refractivity contribution in [3.05, 3.63) is 106 Å². The van der Waals surface area contributed by atoms with E-state index in [1.807, 2.05) is 41.3 Å². The summed E-state index contributed by atoms with van der Waals surface area (Å²) in [6.45, 7) is 0.822. The molecule has 0 saturated carbocycles. The van der Waals surface area contributed by atoms with Crippen LogP contribution in [0.25, 0.3) is 11.3 Å². The molecule has 3 heterocycles. The molecule has 4 aromatic rings. The van der Waals surface area contributed by atoms with Crippen LogP contribution >= 0.6 is 23.8 Å². The number of pyridine rings is 1. The monoisotopic (exact) mass is 550 g/mol. The maximum Gasteiger partial charge on any atom is 0.269 e. The van der Waals surface area contributed by atoms with Gasteiger partial charge in [0.05, 0.1) is 28.3 Å². The number of halogens is 1. The van der Waals surface area contributed by atoms with Crippen molar-refractivity contribution in [3.8, 4) is 17.1 Å². The van der Waals surface area contributed by atoms with Gasteiger partial charge in [-0.25, -0.2) is 0 Å². The Labute approximate surface area is 229 Å². The van der Waals surface area contributed by atoms with Crippen LogP contribution in [0.4, 0.5) is 11.4 Å². The van der Waals surface area contributed by atoms with Crippen LogP contribution in [0.5, 0.6) is 5.75 Å². The van der Waals surface area contributed by atoms with Crippen LogP contribution in [0.2, 0.25) is 5.02 Å². The van der Waals surface area contributed by atoms with Gasteiger partial charge in [0.25, 0.3) is 5.69 Å². The number of non-ortho nitro benzene ring substituents is 1. The van der Waals surface area contributed by atoms with Crippen molar-refractivity contribution >= 4 is 40.3 Å². The van der Waals surface area contributed by atoms with E-state index in [-0.39, 0.29) is 17.8 Å². The number of methoxy groups -OCH3 is 1. The third-order valence-electron chi connectivity index (χ3n) is 6.12. The van der Waals surface area contributed by atoms with Gasteiger partial charge in [-0.3, -0.25) is 15.1 Å². The van der Waals surface area contributed by atoms with E-state index in [4.69, 9.17) is 37.7 Å². The number of thiocarbonyl (C=S) groups is 1. The molecular formula is C27H23ClN4O5S. The lowest BCUT2D eigenvalue weighted by molar-refractivity contribution is -0.384. The maximum atomic E-state index is 11.0. The van der Waals surface area contributed by atoms with Gasteiger partial charge < -0.3 is 24.1 Å².